The van der Waals surface area contributed by atoms with Crippen molar-refractivity contribution in [2.24, 2.45) is 11.7 Å². The summed E-state index contributed by atoms with van der Waals surface area (Å²) < 4.78 is 0. The van der Waals surface area contributed by atoms with Crippen LogP contribution in [0.2, 0.25) is 0 Å². The van der Waals surface area contributed by atoms with Gasteiger partial charge in [0.25, 0.3) is 0 Å². The van der Waals surface area contributed by atoms with Crippen molar-refractivity contribution in [3.8, 4) is 0 Å². The Morgan fingerprint density at radius 2 is 1.85 bits per heavy atom. The molecule has 0 aliphatic heterocycles. The van der Waals surface area contributed by atoms with Crippen molar-refractivity contribution < 1.29 is 19.8 Å². The van der Waals surface area contributed by atoms with Gasteiger partial charge in [-0.05, 0) is 24.0 Å². The molecule has 1 unspecified atom stereocenters. The lowest BCUT2D eigenvalue weighted by molar-refractivity contribution is -0.139. The maximum absolute atomic E-state index is 11.4. The Balaban J connectivity index is 2.51. The second-order valence-electron chi connectivity index (χ2n) is 5.51. The van der Waals surface area contributed by atoms with Crippen LogP contribution in [-0.4, -0.2) is 27.7 Å². The third-order valence-corrected chi connectivity index (χ3v) is 4.16. The van der Waals surface area contributed by atoms with Crippen molar-refractivity contribution in [3.63, 3.8) is 0 Å². The third-order valence-electron chi connectivity index (χ3n) is 4.16. The molecule has 0 aromatic heterocycles. The first-order chi connectivity index (χ1) is 9.37. The Labute approximate surface area is 117 Å². The normalized spacial score (nSPS) is 25.6. The average molecular weight is 277 g/mol. The molecule has 2 aliphatic rings. The lowest BCUT2D eigenvalue weighted by atomic mass is 9.69. The zero-order chi connectivity index (χ0) is 14.9. The van der Waals surface area contributed by atoms with Gasteiger partial charge in [-0.2, -0.15) is 0 Å². The predicted octanol–water partition coefficient (Wildman–Crippen LogP) is 1.86. The number of carbonyl (C=O) groups is 2. The van der Waals surface area contributed by atoms with E-state index in [2.05, 4.69) is 6.58 Å². The van der Waals surface area contributed by atoms with E-state index in [0.717, 1.165) is 19.3 Å². The lowest BCUT2D eigenvalue weighted by Gasteiger charge is -2.39. The molecule has 4 N–H and O–H groups in total. The zero-order valence-electron chi connectivity index (χ0n) is 11.3. The third kappa shape index (κ3) is 2.41. The van der Waals surface area contributed by atoms with Crippen molar-refractivity contribution >= 4 is 11.9 Å². The first kappa shape index (κ1) is 14.5. The first-order valence-electron chi connectivity index (χ1n) is 6.74. The lowest BCUT2D eigenvalue weighted by Crippen LogP contribution is -2.46. The van der Waals surface area contributed by atoms with Crippen LogP contribution in [0.5, 0.6) is 0 Å². The summed E-state index contributed by atoms with van der Waals surface area (Å²) in [6.07, 6.45) is 6.96. The molecule has 1 saturated carbocycles. The summed E-state index contributed by atoms with van der Waals surface area (Å²) in [5.41, 5.74) is 6.43. The molecule has 0 heterocycles. The maximum Gasteiger partial charge on any atom is 0.336 e. The topological polar surface area (TPSA) is 101 Å². The van der Waals surface area contributed by atoms with E-state index in [1.165, 1.54) is 12.2 Å². The fraction of sp³-hybridized carbons (Fsp3) is 0.467. The highest BCUT2D eigenvalue weighted by molar-refractivity contribution is 5.95. The standard InChI is InChI=1S/C15H19NO4/c1-9-10(13(17)18)5-6-11(14(19)20)12(9)15(16)7-3-2-4-8-15/h5-6,10H,1-4,7-8,16H2,(H,17,18)(H,19,20). The summed E-state index contributed by atoms with van der Waals surface area (Å²) in [6, 6.07) is 0. The van der Waals surface area contributed by atoms with Crippen LogP contribution in [0, 0.1) is 5.92 Å². The van der Waals surface area contributed by atoms with Crippen LogP contribution in [0.25, 0.3) is 0 Å². The van der Waals surface area contributed by atoms with Gasteiger partial charge in [-0.25, -0.2) is 4.79 Å². The number of hydrogen-bond acceptors (Lipinski definition) is 3. The monoisotopic (exact) mass is 277 g/mol. The van der Waals surface area contributed by atoms with E-state index in [0.29, 0.717) is 24.0 Å². The summed E-state index contributed by atoms with van der Waals surface area (Å²) in [6.45, 7) is 3.82. The molecule has 1 fully saturated rings. The molecule has 0 saturated heterocycles. The second kappa shape index (κ2) is 5.25. The van der Waals surface area contributed by atoms with Gasteiger partial charge in [0.2, 0.25) is 0 Å². The van der Waals surface area contributed by atoms with Gasteiger partial charge in [0.1, 0.15) is 0 Å². The summed E-state index contributed by atoms with van der Waals surface area (Å²) in [5, 5.41) is 18.6. The molecule has 0 aromatic rings. The largest absolute Gasteiger partial charge is 0.481 e. The molecule has 0 spiro atoms. The van der Waals surface area contributed by atoms with Crippen LogP contribution >= 0.6 is 0 Å². The van der Waals surface area contributed by atoms with Crippen molar-refractivity contribution in [3.05, 3.63) is 35.5 Å². The molecular weight excluding hydrogens is 258 g/mol. The minimum Gasteiger partial charge on any atom is -0.481 e. The Kier molecular flexibility index (Phi) is 3.81. The van der Waals surface area contributed by atoms with Crippen molar-refractivity contribution in [1.82, 2.24) is 0 Å². The summed E-state index contributed by atoms with van der Waals surface area (Å²) in [7, 11) is 0. The van der Waals surface area contributed by atoms with Gasteiger partial charge in [-0.1, -0.05) is 38.0 Å². The van der Waals surface area contributed by atoms with Crippen molar-refractivity contribution in [2.45, 2.75) is 37.6 Å². The Hall–Kier alpha value is -1.88. The average Bonchev–Trinajstić information content (AvgIpc) is 2.38. The second-order valence-corrected chi connectivity index (χ2v) is 5.51. The van der Waals surface area contributed by atoms with Crippen LogP contribution < -0.4 is 5.73 Å². The highest BCUT2D eigenvalue weighted by Crippen LogP contribution is 2.41. The van der Waals surface area contributed by atoms with Crippen LogP contribution in [0.1, 0.15) is 32.1 Å². The van der Waals surface area contributed by atoms with Gasteiger partial charge in [-0.15, -0.1) is 0 Å². The molecular formula is C15H19NO4. The smallest absolute Gasteiger partial charge is 0.336 e. The van der Waals surface area contributed by atoms with E-state index in [-0.39, 0.29) is 5.57 Å². The van der Waals surface area contributed by atoms with E-state index >= 15 is 0 Å². The minimum absolute atomic E-state index is 0.0805. The molecule has 2 rings (SSSR count). The number of rotatable bonds is 3. The van der Waals surface area contributed by atoms with E-state index in [1.54, 1.807) is 0 Å². The minimum atomic E-state index is -1.09. The first-order valence-corrected chi connectivity index (χ1v) is 6.74. The Bertz CT molecular complexity index is 524. The van der Waals surface area contributed by atoms with Crippen molar-refractivity contribution in [1.29, 1.82) is 0 Å². The Morgan fingerprint density at radius 1 is 1.25 bits per heavy atom. The summed E-state index contributed by atoms with van der Waals surface area (Å²) >= 11 is 0. The summed E-state index contributed by atoms with van der Waals surface area (Å²) in [5.74, 6) is -3.01. The highest BCUT2D eigenvalue weighted by Gasteiger charge is 2.40. The molecule has 0 aromatic carbocycles. The van der Waals surface area contributed by atoms with Gasteiger partial charge in [0.05, 0.1) is 11.5 Å². The molecule has 108 valence electrons. The van der Waals surface area contributed by atoms with Gasteiger partial charge in [0, 0.05) is 5.54 Å². The fourth-order valence-corrected chi connectivity index (χ4v) is 3.15. The maximum atomic E-state index is 11.4. The zero-order valence-corrected chi connectivity index (χ0v) is 11.3. The van der Waals surface area contributed by atoms with E-state index in [9.17, 15) is 19.8 Å². The molecule has 1 atom stereocenters. The van der Waals surface area contributed by atoms with Crippen LogP contribution in [0.3, 0.4) is 0 Å². The number of aliphatic carboxylic acids is 2. The van der Waals surface area contributed by atoms with Gasteiger partial charge >= 0.3 is 11.9 Å². The quantitative estimate of drug-likeness (QED) is 0.731. The molecule has 0 radical (unpaired) electrons. The van der Waals surface area contributed by atoms with Gasteiger partial charge in [0.15, 0.2) is 0 Å². The van der Waals surface area contributed by atoms with Crippen LogP contribution in [0.4, 0.5) is 0 Å². The molecule has 5 heteroatoms. The fourth-order valence-electron chi connectivity index (χ4n) is 3.15. The van der Waals surface area contributed by atoms with E-state index in [4.69, 9.17) is 5.73 Å². The molecule has 5 nitrogen and oxygen atoms in total. The SMILES string of the molecule is C=C1C(C2(N)CCCCC2)=C(C(=O)O)C=CC1C(=O)O. The van der Waals surface area contributed by atoms with Gasteiger partial charge in [-0.3, -0.25) is 4.79 Å². The van der Waals surface area contributed by atoms with Crippen LogP contribution in [-0.2, 0) is 9.59 Å². The molecule has 20 heavy (non-hydrogen) atoms. The number of nitrogens with two attached hydrogens (primary N) is 1. The number of hydrogen-bond donors (Lipinski definition) is 3. The molecule has 0 amide bonds. The van der Waals surface area contributed by atoms with Gasteiger partial charge < -0.3 is 15.9 Å². The van der Waals surface area contributed by atoms with Crippen molar-refractivity contribution in [2.75, 3.05) is 0 Å². The highest BCUT2D eigenvalue weighted by atomic mass is 16.4. The molecule has 2 aliphatic carbocycles. The Morgan fingerprint density at radius 3 is 2.35 bits per heavy atom. The van der Waals surface area contributed by atoms with E-state index < -0.39 is 23.4 Å². The number of carboxylic acids is 2. The number of carboxylic acid groups (broad SMARTS) is 2. The predicted molar refractivity (Wildman–Crippen MR) is 74.1 cm³/mol. The van der Waals surface area contributed by atoms with Crippen LogP contribution in [0.15, 0.2) is 35.5 Å². The molecule has 0 bridgehead atoms. The summed E-state index contributed by atoms with van der Waals surface area (Å²) in [4.78, 5) is 22.7. The van der Waals surface area contributed by atoms with E-state index in [1.807, 2.05) is 0 Å².